The maximum Gasteiger partial charge on any atom is 0.145 e. The molecular formula is C26H20N2O. The minimum Gasteiger partial charge on any atom is -0.497 e. The number of pyridine rings is 1. The number of ether oxygens (including phenoxy) is 1. The summed E-state index contributed by atoms with van der Waals surface area (Å²) in [5.74, 6) is 0.844. The van der Waals surface area contributed by atoms with Crippen LogP contribution in [0.25, 0.3) is 39.2 Å². The van der Waals surface area contributed by atoms with Gasteiger partial charge in [0.05, 0.1) is 12.8 Å². The summed E-state index contributed by atoms with van der Waals surface area (Å²) < 4.78 is 7.34. The van der Waals surface area contributed by atoms with Crippen molar-refractivity contribution in [3.63, 3.8) is 0 Å². The van der Waals surface area contributed by atoms with Gasteiger partial charge < -0.3 is 9.14 Å². The Morgan fingerprint density at radius 3 is 2.03 bits per heavy atom. The third kappa shape index (κ3) is 3.27. The molecule has 0 amide bonds. The van der Waals surface area contributed by atoms with Crippen molar-refractivity contribution >= 4 is 5.65 Å². The van der Waals surface area contributed by atoms with Crippen LogP contribution in [-0.2, 0) is 0 Å². The lowest BCUT2D eigenvalue weighted by Gasteiger charge is -2.06. The molecule has 3 aromatic carbocycles. The number of imidazole rings is 1. The Hall–Kier alpha value is -3.85. The highest BCUT2D eigenvalue weighted by Crippen LogP contribution is 2.29. The van der Waals surface area contributed by atoms with E-state index in [4.69, 9.17) is 9.72 Å². The summed E-state index contributed by atoms with van der Waals surface area (Å²) in [4.78, 5) is 4.92. The van der Waals surface area contributed by atoms with E-state index in [0.29, 0.717) is 0 Å². The third-order valence-corrected chi connectivity index (χ3v) is 5.17. The summed E-state index contributed by atoms with van der Waals surface area (Å²) in [6.07, 6.45) is 4.11. The zero-order chi connectivity index (χ0) is 19.6. The fourth-order valence-corrected chi connectivity index (χ4v) is 3.61. The van der Waals surface area contributed by atoms with E-state index in [9.17, 15) is 0 Å². The van der Waals surface area contributed by atoms with Gasteiger partial charge in [0.2, 0.25) is 0 Å². The van der Waals surface area contributed by atoms with Crippen molar-refractivity contribution in [2.45, 2.75) is 0 Å². The van der Waals surface area contributed by atoms with Gasteiger partial charge in [-0.2, -0.15) is 0 Å². The molecule has 2 aromatic heterocycles. The molecule has 0 fully saturated rings. The Morgan fingerprint density at radius 1 is 0.655 bits per heavy atom. The first-order valence-electron chi connectivity index (χ1n) is 9.60. The first-order chi connectivity index (χ1) is 14.3. The van der Waals surface area contributed by atoms with Crippen LogP contribution in [0.15, 0.2) is 103 Å². The molecule has 0 radical (unpaired) electrons. The van der Waals surface area contributed by atoms with E-state index in [1.54, 1.807) is 7.11 Å². The van der Waals surface area contributed by atoms with E-state index in [-0.39, 0.29) is 0 Å². The van der Waals surface area contributed by atoms with Gasteiger partial charge in [-0.25, -0.2) is 4.98 Å². The van der Waals surface area contributed by atoms with Crippen molar-refractivity contribution in [1.82, 2.24) is 9.38 Å². The standard InChI is InChI=1S/C26H20N2O/c1-29-23-15-13-22(14-16-23)25-18-28-17-5-8-24(26(28)27-25)21-11-9-20(10-12-21)19-6-3-2-4-7-19/h2-18H,1H3. The average molecular weight is 376 g/mol. The number of hydrogen-bond acceptors (Lipinski definition) is 2. The molecule has 0 atom stereocenters. The Labute approximate surface area is 169 Å². The number of fused-ring (bicyclic) bond motifs is 1. The van der Waals surface area contributed by atoms with E-state index in [2.05, 4.69) is 71.3 Å². The Kier molecular flexibility index (Phi) is 4.34. The molecule has 5 aromatic rings. The molecule has 0 N–H and O–H groups in total. The smallest absolute Gasteiger partial charge is 0.145 e. The lowest BCUT2D eigenvalue weighted by molar-refractivity contribution is 0.415. The largest absolute Gasteiger partial charge is 0.497 e. The van der Waals surface area contributed by atoms with Gasteiger partial charge in [0, 0.05) is 23.5 Å². The number of nitrogens with zero attached hydrogens (tertiary/aromatic N) is 2. The Bertz CT molecular complexity index is 1250. The number of aromatic nitrogens is 2. The zero-order valence-corrected chi connectivity index (χ0v) is 16.1. The maximum absolute atomic E-state index is 5.26. The van der Waals surface area contributed by atoms with Crippen LogP contribution in [0.2, 0.25) is 0 Å². The van der Waals surface area contributed by atoms with E-state index < -0.39 is 0 Å². The second kappa shape index (κ2) is 7.28. The zero-order valence-electron chi connectivity index (χ0n) is 16.1. The molecule has 3 heteroatoms. The Balaban J connectivity index is 1.54. The second-order valence-corrected chi connectivity index (χ2v) is 6.95. The fraction of sp³-hybridized carbons (Fsp3) is 0.0385. The lowest BCUT2D eigenvalue weighted by Crippen LogP contribution is -1.87. The number of rotatable bonds is 4. The predicted octanol–water partition coefficient (Wildman–Crippen LogP) is 6.34. The van der Waals surface area contributed by atoms with Crippen molar-refractivity contribution in [3.05, 3.63) is 103 Å². The summed E-state index contributed by atoms with van der Waals surface area (Å²) in [5, 5.41) is 0. The number of benzene rings is 3. The maximum atomic E-state index is 5.26. The van der Waals surface area contributed by atoms with Gasteiger partial charge in [-0.1, -0.05) is 54.6 Å². The van der Waals surface area contributed by atoms with E-state index >= 15 is 0 Å². The summed E-state index contributed by atoms with van der Waals surface area (Å²) in [6.45, 7) is 0. The van der Waals surface area contributed by atoms with Crippen LogP contribution < -0.4 is 4.74 Å². The first kappa shape index (κ1) is 17.3. The molecule has 5 rings (SSSR count). The van der Waals surface area contributed by atoms with Gasteiger partial charge in [0.1, 0.15) is 11.4 Å². The Morgan fingerprint density at radius 2 is 1.31 bits per heavy atom. The summed E-state index contributed by atoms with van der Waals surface area (Å²) in [6, 6.07) is 31.3. The normalized spacial score (nSPS) is 10.9. The number of methoxy groups -OCH3 is 1. The van der Waals surface area contributed by atoms with Crippen LogP contribution >= 0.6 is 0 Å². The van der Waals surface area contributed by atoms with Gasteiger partial charge >= 0.3 is 0 Å². The molecule has 0 spiro atoms. The van der Waals surface area contributed by atoms with Gasteiger partial charge in [0.25, 0.3) is 0 Å². The lowest BCUT2D eigenvalue weighted by atomic mass is 10.0. The van der Waals surface area contributed by atoms with Crippen LogP contribution in [0.4, 0.5) is 0 Å². The van der Waals surface area contributed by atoms with E-state index in [1.807, 2.05) is 36.5 Å². The van der Waals surface area contributed by atoms with Crippen molar-refractivity contribution in [3.8, 4) is 39.3 Å². The minimum absolute atomic E-state index is 0.844. The van der Waals surface area contributed by atoms with Gasteiger partial charge in [-0.3, -0.25) is 0 Å². The van der Waals surface area contributed by atoms with Crippen molar-refractivity contribution in [1.29, 1.82) is 0 Å². The molecule has 0 saturated carbocycles. The molecule has 0 aliphatic heterocycles. The number of hydrogen-bond donors (Lipinski definition) is 0. The average Bonchev–Trinajstić information content (AvgIpc) is 3.24. The SMILES string of the molecule is COc1ccc(-c2cn3cccc(-c4ccc(-c5ccccc5)cc4)c3n2)cc1. The van der Waals surface area contributed by atoms with Crippen LogP contribution in [0, 0.1) is 0 Å². The molecule has 3 nitrogen and oxygen atoms in total. The molecule has 0 aliphatic rings. The molecule has 2 heterocycles. The van der Waals surface area contributed by atoms with Crippen LogP contribution in [0.1, 0.15) is 0 Å². The van der Waals surface area contributed by atoms with E-state index in [1.165, 1.54) is 11.1 Å². The fourth-order valence-electron chi connectivity index (χ4n) is 3.61. The summed E-state index contributed by atoms with van der Waals surface area (Å²) in [7, 11) is 1.68. The minimum atomic E-state index is 0.844. The third-order valence-electron chi connectivity index (χ3n) is 5.17. The monoisotopic (exact) mass is 376 g/mol. The molecular weight excluding hydrogens is 356 g/mol. The molecule has 0 bridgehead atoms. The highest BCUT2D eigenvalue weighted by atomic mass is 16.5. The van der Waals surface area contributed by atoms with E-state index in [0.717, 1.165) is 33.8 Å². The molecule has 29 heavy (non-hydrogen) atoms. The quantitative estimate of drug-likeness (QED) is 0.366. The molecule has 140 valence electrons. The summed E-state index contributed by atoms with van der Waals surface area (Å²) >= 11 is 0. The van der Waals surface area contributed by atoms with Crippen LogP contribution in [0.5, 0.6) is 5.75 Å². The second-order valence-electron chi connectivity index (χ2n) is 6.95. The summed E-state index contributed by atoms with van der Waals surface area (Å²) in [5.41, 5.74) is 7.67. The van der Waals surface area contributed by atoms with Crippen molar-refractivity contribution in [2.24, 2.45) is 0 Å². The van der Waals surface area contributed by atoms with Crippen LogP contribution in [-0.4, -0.2) is 16.5 Å². The van der Waals surface area contributed by atoms with Crippen molar-refractivity contribution in [2.75, 3.05) is 7.11 Å². The van der Waals surface area contributed by atoms with Crippen LogP contribution in [0.3, 0.4) is 0 Å². The van der Waals surface area contributed by atoms with Gasteiger partial charge in [0.15, 0.2) is 0 Å². The van der Waals surface area contributed by atoms with Gasteiger partial charge in [-0.15, -0.1) is 0 Å². The van der Waals surface area contributed by atoms with Crippen molar-refractivity contribution < 1.29 is 4.74 Å². The molecule has 0 aliphatic carbocycles. The van der Waals surface area contributed by atoms with Gasteiger partial charge in [-0.05, 0) is 53.1 Å². The topological polar surface area (TPSA) is 26.5 Å². The highest BCUT2D eigenvalue weighted by molar-refractivity contribution is 5.81. The first-order valence-corrected chi connectivity index (χ1v) is 9.60. The molecule has 0 unspecified atom stereocenters. The highest BCUT2D eigenvalue weighted by Gasteiger charge is 2.10. The molecule has 0 saturated heterocycles. The predicted molar refractivity (Wildman–Crippen MR) is 118 cm³/mol.